The second-order valence-electron chi connectivity index (χ2n) is 3.75. The fraction of sp³-hybridized carbons (Fsp3) is 0.0909. The maximum atomic E-state index is 11.7. The van der Waals surface area contributed by atoms with Crippen LogP contribution in [0.2, 0.25) is 0 Å². The molecule has 0 fully saturated rings. The van der Waals surface area contributed by atoms with Gasteiger partial charge in [-0.05, 0) is 30.4 Å². The van der Waals surface area contributed by atoms with Crippen molar-refractivity contribution in [3.05, 3.63) is 48.9 Å². The van der Waals surface area contributed by atoms with E-state index in [1.165, 1.54) is 0 Å². The molecule has 0 aliphatic carbocycles. The lowest BCUT2D eigenvalue weighted by atomic mass is 10.0. The molecule has 2 N–H and O–H groups in total. The van der Waals surface area contributed by atoms with E-state index >= 15 is 0 Å². The van der Waals surface area contributed by atoms with Gasteiger partial charge in [0, 0.05) is 16.5 Å². The van der Waals surface area contributed by atoms with E-state index in [9.17, 15) is 4.79 Å². The van der Waals surface area contributed by atoms with Crippen molar-refractivity contribution in [1.29, 1.82) is 0 Å². The van der Waals surface area contributed by atoms with Crippen LogP contribution in [-0.2, 0) is 6.42 Å². The number of halogens is 1. The molecule has 0 radical (unpaired) electrons. The second-order valence-corrected chi connectivity index (χ2v) is 5.07. The van der Waals surface area contributed by atoms with E-state index in [2.05, 4.69) is 25.9 Å². The Labute approximate surface area is 110 Å². The molecule has 2 heterocycles. The number of H-pyrrole nitrogens is 2. The predicted molar refractivity (Wildman–Crippen MR) is 69.3 cm³/mol. The molecule has 3 rings (SSSR count). The van der Waals surface area contributed by atoms with Crippen molar-refractivity contribution in [3.8, 4) is 11.6 Å². The predicted octanol–water partition coefficient (Wildman–Crippen LogP) is 2.89. The van der Waals surface area contributed by atoms with Crippen LogP contribution in [0, 0.1) is 4.77 Å². The van der Waals surface area contributed by atoms with Crippen molar-refractivity contribution >= 4 is 28.1 Å². The van der Waals surface area contributed by atoms with Crippen LogP contribution < -0.4 is 10.3 Å². The summed E-state index contributed by atoms with van der Waals surface area (Å²) in [6.45, 7) is 0. The first-order chi connectivity index (χ1) is 8.13. The third kappa shape index (κ3) is 1.83. The maximum absolute atomic E-state index is 11.7. The Morgan fingerprint density at radius 1 is 1.35 bits per heavy atom. The van der Waals surface area contributed by atoms with Crippen molar-refractivity contribution in [3.63, 3.8) is 0 Å². The van der Waals surface area contributed by atoms with Gasteiger partial charge in [-0.2, -0.15) is 0 Å². The number of hydrogen-bond acceptors (Lipinski definition) is 3. The Balaban J connectivity index is 2.20. The molecule has 0 saturated heterocycles. The van der Waals surface area contributed by atoms with Crippen LogP contribution in [0.4, 0.5) is 0 Å². The topological polar surface area (TPSA) is 57.9 Å². The highest BCUT2D eigenvalue weighted by atomic mass is 79.9. The normalized spacial score (nSPS) is 12.5. The molecular formula is C11H7BrN2O2S. The van der Waals surface area contributed by atoms with Gasteiger partial charge in [0.15, 0.2) is 4.77 Å². The lowest BCUT2D eigenvalue weighted by molar-refractivity contribution is 0.436. The molecule has 0 unspecified atom stereocenters. The minimum Gasteiger partial charge on any atom is -0.440 e. The summed E-state index contributed by atoms with van der Waals surface area (Å²) < 4.78 is 6.87. The number of benzene rings is 1. The Hall–Kier alpha value is -1.40. The first-order valence-electron chi connectivity index (χ1n) is 4.95. The van der Waals surface area contributed by atoms with Crippen LogP contribution in [-0.4, -0.2) is 9.97 Å². The van der Waals surface area contributed by atoms with Gasteiger partial charge >= 0.3 is 0 Å². The summed E-state index contributed by atoms with van der Waals surface area (Å²) in [5.41, 5.74) is 1.35. The van der Waals surface area contributed by atoms with E-state index in [0.717, 1.165) is 15.8 Å². The third-order valence-corrected chi connectivity index (χ3v) is 3.30. The highest BCUT2D eigenvalue weighted by Gasteiger charge is 2.20. The average Bonchev–Trinajstić information content (AvgIpc) is 2.27. The molecule has 0 bridgehead atoms. The Morgan fingerprint density at radius 2 is 2.18 bits per heavy atom. The van der Waals surface area contributed by atoms with Crippen molar-refractivity contribution < 1.29 is 4.74 Å². The highest BCUT2D eigenvalue weighted by Crippen LogP contribution is 2.34. The van der Waals surface area contributed by atoms with Gasteiger partial charge in [-0.25, -0.2) is 0 Å². The van der Waals surface area contributed by atoms with Crippen molar-refractivity contribution in [1.82, 2.24) is 9.97 Å². The van der Waals surface area contributed by atoms with Gasteiger partial charge in [-0.1, -0.05) is 15.9 Å². The van der Waals surface area contributed by atoms with Crippen LogP contribution in [0.15, 0.2) is 27.5 Å². The quantitative estimate of drug-likeness (QED) is 0.628. The van der Waals surface area contributed by atoms with Gasteiger partial charge in [0.25, 0.3) is 5.56 Å². The van der Waals surface area contributed by atoms with Crippen LogP contribution in [0.3, 0.4) is 0 Å². The standard InChI is InChI=1S/C11H7BrN2O2S/c12-6-1-2-8-5(3-6)4-7-9(15)13-11(17)14-10(7)16-8/h1-3H,4H2,(H2,13,14,15,17). The van der Waals surface area contributed by atoms with E-state index < -0.39 is 0 Å². The molecule has 0 spiro atoms. The smallest absolute Gasteiger partial charge is 0.259 e. The number of rotatable bonds is 0. The summed E-state index contributed by atoms with van der Waals surface area (Å²) in [4.78, 5) is 17.2. The zero-order chi connectivity index (χ0) is 12.0. The van der Waals surface area contributed by atoms with Gasteiger partial charge in [0.1, 0.15) is 5.75 Å². The van der Waals surface area contributed by atoms with Crippen molar-refractivity contribution in [2.75, 3.05) is 0 Å². The Kier molecular flexibility index (Phi) is 2.41. The van der Waals surface area contributed by atoms with E-state index in [0.29, 0.717) is 17.9 Å². The lowest BCUT2D eigenvalue weighted by Gasteiger charge is -2.18. The van der Waals surface area contributed by atoms with Gasteiger partial charge in [0.05, 0.1) is 5.56 Å². The van der Waals surface area contributed by atoms with Crippen LogP contribution in [0.25, 0.3) is 0 Å². The molecule has 0 atom stereocenters. The monoisotopic (exact) mass is 310 g/mol. The molecule has 0 saturated carbocycles. The number of hydrogen-bond donors (Lipinski definition) is 2. The van der Waals surface area contributed by atoms with Crippen molar-refractivity contribution in [2.24, 2.45) is 0 Å². The summed E-state index contributed by atoms with van der Waals surface area (Å²) >= 11 is 8.30. The number of aromatic nitrogens is 2. The van der Waals surface area contributed by atoms with E-state index in [1.54, 1.807) is 0 Å². The number of fused-ring (bicyclic) bond motifs is 2. The first kappa shape index (κ1) is 10.7. The maximum Gasteiger partial charge on any atom is 0.259 e. The van der Waals surface area contributed by atoms with Gasteiger partial charge < -0.3 is 9.72 Å². The van der Waals surface area contributed by atoms with Crippen LogP contribution >= 0.6 is 28.1 Å². The SMILES string of the molecule is O=c1[nH]c(=S)[nH]c2c1Cc1cc(Br)ccc1O2. The molecule has 1 aromatic carbocycles. The molecule has 1 aromatic heterocycles. The molecular weight excluding hydrogens is 304 g/mol. The molecule has 2 aromatic rings. The minimum atomic E-state index is -0.200. The molecule has 1 aliphatic heterocycles. The highest BCUT2D eigenvalue weighted by molar-refractivity contribution is 9.10. The molecule has 1 aliphatic rings. The lowest BCUT2D eigenvalue weighted by Crippen LogP contribution is -2.19. The van der Waals surface area contributed by atoms with Gasteiger partial charge in [0.2, 0.25) is 5.88 Å². The third-order valence-electron chi connectivity index (χ3n) is 2.60. The Bertz CT molecular complexity index is 720. The number of aromatic amines is 2. The molecule has 6 heteroatoms. The molecule has 4 nitrogen and oxygen atoms in total. The molecule has 0 amide bonds. The van der Waals surface area contributed by atoms with E-state index in [1.807, 2.05) is 18.2 Å². The molecule has 86 valence electrons. The summed E-state index contributed by atoms with van der Waals surface area (Å²) in [5, 5.41) is 0. The summed E-state index contributed by atoms with van der Waals surface area (Å²) in [6, 6.07) is 5.70. The number of nitrogens with one attached hydrogen (secondary N) is 2. The average molecular weight is 311 g/mol. The van der Waals surface area contributed by atoms with Gasteiger partial charge in [-0.3, -0.25) is 9.78 Å². The zero-order valence-electron chi connectivity index (χ0n) is 8.54. The van der Waals surface area contributed by atoms with E-state index in [4.69, 9.17) is 17.0 Å². The summed E-state index contributed by atoms with van der Waals surface area (Å²) in [5.74, 6) is 1.19. The number of ether oxygens (including phenoxy) is 1. The van der Waals surface area contributed by atoms with E-state index in [-0.39, 0.29) is 10.3 Å². The summed E-state index contributed by atoms with van der Waals surface area (Å²) in [7, 11) is 0. The zero-order valence-corrected chi connectivity index (χ0v) is 10.9. The van der Waals surface area contributed by atoms with Crippen LogP contribution in [0.1, 0.15) is 11.1 Å². The van der Waals surface area contributed by atoms with Crippen LogP contribution in [0.5, 0.6) is 11.6 Å². The Morgan fingerprint density at radius 3 is 3.00 bits per heavy atom. The summed E-state index contributed by atoms with van der Waals surface area (Å²) in [6.07, 6.45) is 0.533. The minimum absolute atomic E-state index is 0.200. The fourth-order valence-electron chi connectivity index (χ4n) is 1.83. The van der Waals surface area contributed by atoms with Gasteiger partial charge in [-0.15, -0.1) is 0 Å². The fourth-order valence-corrected chi connectivity index (χ4v) is 2.42. The largest absolute Gasteiger partial charge is 0.440 e. The second kappa shape index (κ2) is 3.82. The molecule has 17 heavy (non-hydrogen) atoms. The van der Waals surface area contributed by atoms with Crippen molar-refractivity contribution in [2.45, 2.75) is 6.42 Å². The first-order valence-corrected chi connectivity index (χ1v) is 6.15.